The van der Waals surface area contributed by atoms with Crippen molar-refractivity contribution in [3.8, 4) is 0 Å². The molecule has 0 radical (unpaired) electrons. The predicted octanol–water partition coefficient (Wildman–Crippen LogP) is 3.59. The van der Waals surface area contributed by atoms with Gasteiger partial charge in [0.2, 0.25) is 23.6 Å². The standard InChI is InChI=1S/C40H59N5O6/c1-27(2)23-32(36(47)40(5)26-51-40)42-39(50)34(25-30-17-12-9-13-18-30)44-38(49)33(24-28(3)4)43-37(48)31(21-20-29-15-10-8-11-16-29)41-35(46)19-14-22-45(6)7/h8-13,15-18,27-28,31-34H,14,19-26H2,1-7H3,(H,41,46)(H,42,50)(H,43,48)(H,44,49)/t31-,32?,33?,34-,40?/m0/s1. The zero-order chi connectivity index (χ0) is 37.6. The molecular formula is C40H59N5O6. The van der Waals surface area contributed by atoms with Crippen LogP contribution in [0.25, 0.3) is 0 Å². The zero-order valence-corrected chi connectivity index (χ0v) is 31.5. The van der Waals surface area contributed by atoms with Crippen LogP contribution in [0, 0.1) is 11.8 Å². The molecule has 0 aliphatic carbocycles. The van der Waals surface area contributed by atoms with Gasteiger partial charge in [-0.15, -0.1) is 0 Å². The Kier molecular flexibility index (Phi) is 16.3. The summed E-state index contributed by atoms with van der Waals surface area (Å²) in [6, 6.07) is 15.4. The highest BCUT2D eigenvalue weighted by molar-refractivity contribution is 5.98. The zero-order valence-electron chi connectivity index (χ0n) is 31.5. The van der Waals surface area contributed by atoms with Gasteiger partial charge in [0.15, 0.2) is 5.78 Å². The van der Waals surface area contributed by atoms with Gasteiger partial charge >= 0.3 is 0 Å². The first kappa shape index (κ1) is 41.3. The first-order chi connectivity index (χ1) is 24.2. The number of carbonyl (C=O) groups is 5. The number of hydrogen-bond donors (Lipinski definition) is 4. The molecule has 1 fully saturated rings. The Morgan fingerprint density at radius 3 is 1.75 bits per heavy atom. The smallest absolute Gasteiger partial charge is 0.243 e. The molecule has 4 amide bonds. The van der Waals surface area contributed by atoms with Gasteiger partial charge < -0.3 is 30.9 Å². The van der Waals surface area contributed by atoms with E-state index in [0.717, 1.165) is 17.7 Å². The summed E-state index contributed by atoms with van der Waals surface area (Å²) in [5.74, 6) is -1.74. The predicted molar refractivity (Wildman–Crippen MR) is 199 cm³/mol. The van der Waals surface area contributed by atoms with Crippen LogP contribution in [-0.4, -0.2) is 91.3 Å². The fourth-order valence-corrected chi connectivity index (χ4v) is 5.95. The number of Topliss-reactive ketones (excluding diaryl/α,β-unsaturated/α-hetero) is 1. The van der Waals surface area contributed by atoms with E-state index in [1.54, 1.807) is 6.92 Å². The van der Waals surface area contributed by atoms with Gasteiger partial charge in [-0.2, -0.15) is 0 Å². The fourth-order valence-electron chi connectivity index (χ4n) is 5.95. The quantitative estimate of drug-likeness (QED) is 0.137. The molecule has 1 saturated heterocycles. The second-order valence-corrected chi connectivity index (χ2v) is 15.1. The number of ketones is 1. The Bertz CT molecular complexity index is 1430. The highest BCUT2D eigenvalue weighted by Crippen LogP contribution is 2.29. The average molecular weight is 706 g/mol. The summed E-state index contributed by atoms with van der Waals surface area (Å²) in [5.41, 5.74) is 0.931. The third-order valence-electron chi connectivity index (χ3n) is 8.92. The highest BCUT2D eigenvalue weighted by Gasteiger charge is 2.50. The second-order valence-electron chi connectivity index (χ2n) is 15.1. The Hall–Kier alpha value is -4.09. The Morgan fingerprint density at radius 2 is 1.20 bits per heavy atom. The molecule has 1 aliphatic heterocycles. The van der Waals surface area contributed by atoms with Gasteiger partial charge in [-0.05, 0) is 82.6 Å². The minimum Gasteiger partial charge on any atom is -0.361 e. The third-order valence-corrected chi connectivity index (χ3v) is 8.92. The minimum absolute atomic E-state index is 0.0261. The van der Waals surface area contributed by atoms with Crippen LogP contribution in [0.1, 0.15) is 77.8 Å². The number of carbonyl (C=O) groups excluding carboxylic acids is 5. The van der Waals surface area contributed by atoms with E-state index >= 15 is 0 Å². The molecule has 0 aromatic heterocycles. The molecule has 0 saturated carbocycles. The van der Waals surface area contributed by atoms with E-state index in [2.05, 4.69) is 21.3 Å². The summed E-state index contributed by atoms with van der Waals surface area (Å²) in [6.45, 7) is 10.6. The Balaban J connectivity index is 1.81. The molecule has 3 rings (SSSR count). The number of benzene rings is 2. The van der Waals surface area contributed by atoms with Crippen molar-refractivity contribution in [3.05, 3.63) is 71.8 Å². The van der Waals surface area contributed by atoms with E-state index in [1.807, 2.05) is 107 Å². The van der Waals surface area contributed by atoms with Gasteiger partial charge in [-0.1, -0.05) is 88.4 Å². The van der Waals surface area contributed by atoms with E-state index in [1.165, 1.54) is 0 Å². The first-order valence-corrected chi connectivity index (χ1v) is 18.3. The number of aryl methyl sites for hydroxylation is 1. The van der Waals surface area contributed by atoms with Crippen molar-refractivity contribution >= 4 is 29.4 Å². The van der Waals surface area contributed by atoms with Crippen molar-refractivity contribution in [1.29, 1.82) is 0 Å². The molecule has 0 spiro atoms. The number of nitrogens with one attached hydrogen (secondary N) is 4. The van der Waals surface area contributed by atoms with Crippen molar-refractivity contribution < 1.29 is 28.7 Å². The largest absolute Gasteiger partial charge is 0.361 e. The van der Waals surface area contributed by atoms with Crippen molar-refractivity contribution in [2.75, 3.05) is 27.2 Å². The monoisotopic (exact) mass is 705 g/mol. The van der Waals surface area contributed by atoms with Crippen molar-refractivity contribution in [3.63, 3.8) is 0 Å². The molecule has 2 aromatic carbocycles. The van der Waals surface area contributed by atoms with Crippen LogP contribution in [0.4, 0.5) is 0 Å². The maximum absolute atomic E-state index is 14.0. The molecule has 0 bridgehead atoms. The molecule has 5 atom stereocenters. The average Bonchev–Trinajstić information content (AvgIpc) is 3.83. The van der Waals surface area contributed by atoms with E-state index in [-0.39, 0.29) is 36.4 Å². The lowest BCUT2D eigenvalue weighted by Crippen LogP contribution is -2.59. The van der Waals surface area contributed by atoms with Crippen molar-refractivity contribution in [2.24, 2.45) is 11.8 Å². The number of nitrogens with zero attached hydrogens (tertiary/aromatic N) is 1. The minimum atomic E-state index is -1.02. The van der Waals surface area contributed by atoms with E-state index in [4.69, 9.17) is 4.74 Å². The van der Waals surface area contributed by atoms with Crippen LogP contribution in [0.2, 0.25) is 0 Å². The van der Waals surface area contributed by atoms with Crippen molar-refractivity contribution in [2.45, 2.75) is 109 Å². The van der Waals surface area contributed by atoms with Gasteiger partial charge in [0.1, 0.15) is 23.7 Å². The number of amides is 4. The van der Waals surface area contributed by atoms with Gasteiger partial charge in [0.05, 0.1) is 12.6 Å². The van der Waals surface area contributed by atoms with Crippen LogP contribution < -0.4 is 21.3 Å². The molecule has 51 heavy (non-hydrogen) atoms. The van der Waals surface area contributed by atoms with Gasteiger partial charge in [-0.3, -0.25) is 24.0 Å². The molecule has 3 unspecified atom stereocenters. The molecule has 11 heteroatoms. The van der Waals surface area contributed by atoms with Crippen LogP contribution >= 0.6 is 0 Å². The maximum Gasteiger partial charge on any atom is 0.243 e. The summed E-state index contributed by atoms with van der Waals surface area (Å²) >= 11 is 0. The fraction of sp³-hybridized carbons (Fsp3) is 0.575. The molecule has 280 valence electrons. The topological polar surface area (TPSA) is 149 Å². The molecule has 1 heterocycles. The van der Waals surface area contributed by atoms with Crippen LogP contribution in [0.15, 0.2) is 60.7 Å². The summed E-state index contributed by atoms with van der Waals surface area (Å²) in [6.07, 6.45) is 2.72. The first-order valence-electron chi connectivity index (χ1n) is 18.3. The number of rotatable bonds is 22. The number of ether oxygens (including phenoxy) is 1. The van der Waals surface area contributed by atoms with Crippen LogP contribution in [-0.2, 0) is 41.6 Å². The Morgan fingerprint density at radius 1 is 0.706 bits per heavy atom. The molecule has 4 N–H and O–H groups in total. The summed E-state index contributed by atoms with van der Waals surface area (Å²) in [5, 5.41) is 11.6. The van der Waals surface area contributed by atoms with E-state index in [0.29, 0.717) is 38.7 Å². The van der Waals surface area contributed by atoms with Gasteiger partial charge in [-0.25, -0.2) is 0 Å². The Labute approximate surface area is 304 Å². The second kappa shape index (κ2) is 20.1. The summed E-state index contributed by atoms with van der Waals surface area (Å²) < 4.78 is 5.40. The normalized spacial score (nSPS) is 17.7. The third kappa shape index (κ3) is 14.6. The number of epoxide rings is 1. The van der Waals surface area contributed by atoms with E-state index < -0.39 is 47.5 Å². The van der Waals surface area contributed by atoms with Crippen LogP contribution in [0.3, 0.4) is 0 Å². The number of hydrogen-bond acceptors (Lipinski definition) is 7. The van der Waals surface area contributed by atoms with Gasteiger partial charge in [0, 0.05) is 12.8 Å². The van der Waals surface area contributed by atoms with E-state index in [9.17, 15) is 24.0 Å². The molecule has 1 aliphatic rings. The lowest BCUT2D eigenvalue weighted by atomic mass is 9.93. The SMILES string of the molecule is CC(C)CC(NC(=O)[C@H](CCc1ccccc1)NC(=O)CCCN(C)C)C(=O)N[C@@H](Cc1ccccc1)C(=O)NC(CC(C)C)C(=O)C1(C)CO1. The highest BCUT2D eigenvalue weighted by atomic mass is 16.6. The maximum atomic E-state index is 14.0. The summed E-state index contributed by atoms with van der Waals surface area (Å²) in [4.78, 5) is 70.1. The summed E-state index contributed by atoms with van der Waals surface area (Å²) in [7, 11) is 3.88. The van der Waals surface area contributed by atoms with Crippen LogP contribution in [0.5, 0.6) is 0 Å². The molecule has 2 aromatic rings. The van der Waals surface area contributed by atoms with Gasteiger partial charge in [0.25, 0.3) is 0 Å². The molecular weight excluding hydrogens is 646 g/mol. The lowest BCUT2D eigenvalue weighted by Gasteiger charge is -2.28. The molecule has 11 nitrogen and oxygen atoms in total. The van der Waals surface area contributed by atoms with Crippen molar-refractivity contribution in [1.82, 2.24) is 26.2 Å². The lowest BCUT2D eigenvalue weighted by molar-refractivity contribution is -0.135.